The largest absolute Gasteiger partial charge is 0.384 e. The Morgan fingerprint density at radius 1 is 0.955 bits per heavy atom. The molecule has 114 valence electrons. The zero-order chi connectivity index (χ0) is 16.5. The molecular weight excluding hydrogens is 319 g/mol. The first-order chi connectivity index (χ1) is 10.5. The molecule has 1 N–H and O–H groups in total. The summed E-state index contributed by atoms with van der Waals surface area (Å²) in [5, 5.41) is 10.6. The topological polar surface area (TPSA) is 37.3 Å². The van der Waals surface area contributed by atoms with Gasteiger partial charge >= 0.3 is 0 Å². The summed E-state index contributed by atoms with van der Waals surface area (Å²) >= 11 is 11.3. The van der Waals surface area contributed by atoms with Gasteiger partial charge in [0.2, 0.25) is 0 Å². The average Bonchev–Trinajstić information content (AvgIpc) is 2.55. The summed E-state index contributed by atoms with van der Waals surface area (Å²) < 4.78 is 0. The van der Waals surface area contributed by atoms with Crippen LogP contribution in [0.2, 0.25) is 10.0 Å². The summed E-state index contributed by atoms with van der Waals surface area (Å²) in [7, 11) is 0. The van der Waals surface area contributed by atoms with Gasteiger partial charge in [-0.05, 0) is 48.0 Å². The maximum atomic E-state index is 11.0. The Morgan fingerprint density at radius 3 is 1.82 bits per heavy atom. The quantitative estimate of drug-likeness (QED) is 0.470. The Kier molecular flexibility index (Phi) is 7.61. The van der Waals surface area contributed by atoms with Crippen LogP contribution in [-0.4, -0.2) is 10.9 Å². The van der Waals surface area contributed by atoms with E-state index in [1.807, 2.05) is 0 Å². The minimum atomic E-state index is -0.590. The number of carbonyl (C=O) groups is 1. The number of benzene rings is 2. The zero-order valence-electron chi connectivity index (χ0n) is 11.9. The third-order valence-electron chi connectivity index (χ3n) is 2.75. The normalized spacial score (nSPS) is 10.9. The molecule has 0 aliphatic heterocycles. The number of allylic oxidation sites excluding steroid dienone is 1. The van der Waals surface area contributed by atoms with Gasteiger partial charge in [0.05, 0.1) is 6.10 Å². The number of carbonyl (C=O) groups excluding carboxylic acids is 1. The molecule has 1 atom stereocenters. The van der Waals surface area contributed by atoms with Crippen LogP contribution < -0.4 is 0 Å². The molecule has 0 amide bonds. The Morgan fingerprint density at radius 2 is 1.41 bits per heavy atom. The highest BCUT2D eigenvalue weighted by atomic mass is 35.5. The first-order valence-electron chi connectivity index (χ1n) is 6.46. The van der Waals surface area contributed by atoms with Crippen LogP contribution in [0.3, 0.4) is 0 Å². The molecule has 0 radical (unpaired) electrons. The van der Waals surface area contributed by atoms with Crippen molar-refractivity contribution in [2.45, 2.75) is 6.10 Å². The fourth-order valence-electron chi connectivity index (χ4n) is 1.53. The van der Waals surface area contributed by atoms with E-state index in [2.05, 4.69) is 13.2 Å². The van der Waals surface area contributed by atoms with Gasteiger partial charge in [0.1, 0.15) is 0 Å². The highest BCUT2D eigenvalue weighted by molar-refractivity contribution is 6.30. The van der Waals surface area contributed by atoms with Crippen LogP contribution in [0.15, 0.2) is 73.8 Å². The predicted octanol–water partition coefficient (Wildman–Crippen LogP) is 5.27. The summed E-state index contributed by atoms with van der Waals surface area (Å²) in [6.07, 6.45) is 2.17. The molecular formula is C18H16Cl2O2. The Balaban J connectivity index is 0.000000220. The van der Waals surface area contributed by atoms with Crippen LogP contribution in [0.4, 0.5) is 0 Å². The van der Waals surface area contributed by atoms with E-state index in [0.717, 1.165) is 5.56 Å². The molecule has 1 unspecified atom stereocenters. The van der Waals surface area contributed by atoms with Gasteiger partial charge in [0, 0.05) is 15.6 Å². The van der Waals surface area contributed by atoms with Gasteiger partial charge in [-0.1, -0.05) is 48.0 Å². The number of hydrogen-bond acceptors (Lipinski definition) is 2. The van der Waals surface area contributed by atoms with Crippen molar-refractivity contribution in [1.82, 2.24) is 0 Å². The van der Waals surface area contributed by atoms with Crippen molar-refractivity contribution in [2.24, 2.45) is 0 Å². The van der Waals surface area contributed by atoms with Crippen LogP contribution in [0.25, 0.3) is 0 Å². The van der Waals surface area contributed by atoms with Gasteiger partial charge in [-0.15, -0.1) is 6.58 Å². The molecule has 4 heteroatoms. The molecule has 22 heavy (non-hydrogen) atoms. The van der Waals surface area contributed by atoms with Crippen LogP contribution in [0.5, 0.6) is 0 Å². The van der Waals surface area contributed by atoms with Gasteiger partial charge in [-0.25, -0.2) is 0 Å². The van der Waals surface area contributed by atoms with Crippen molar-refractivity contribution >= 4 is 29.0 Å². The smallest absolute Gasteiger partial charge is 0.185 e. The standard InChI is InChI=1S/C9H9ClO.C9H7ClO/c2*1-2-9(11)7-3-5-8(10)6-4-7/h2-6,9,11H,1H2;2-6H,1H2. The minimum Gasteiger partial charge on any atom is -0.384 e. The fraction of sp³-hybridized carbons (Fsp3) is 0.0556. The molecule has 0 spiro atoms. The predicted molar refractivity (Wildman–Crippen MR) is 92.6 cm³/mol. The lowest BCUT2D eigenvalue weighted by Gasteiger charge is -2.03. The van der Waals surface area contributed by atoms with Gasteiger partial charge in [0.15, 0.2) is 5.78 Å². The van der Waals surface area contributed by atoms with Crippen LogP contribution in [0.1, 0.15) is 22.0 Å². The molecule has 0 aromatic heterocycles. The second-order valence-corrected chi connectivity index (χ2v) is 5.18. The third-order valence-corrected chi connectivity index (χ3v) is 3.25. The van der Waals surface area contributed by atoms with Gasteiger partial charge < -0.3 is 5.11 Å². The summed E-state index contributed by atoms with van der Waals surface area (Å²) in [4.78, 5) is 11.0. The van der Waals surface area contributed by atoms with Crippen molar-refractivity contribution in [2.75, 3.05) is 0 Å². The maximum Gasteiger partial charge on any atom is 0.185 e. The van der Waals surface area contributed by atoms with Crippen molar-refractivity contribution in [1.29, 1.82) is 0 Å². The lowest BCUT2D eigenvalue weighted by molar-refractivity contribution is 0.104. The molecule has 0 saturated heterocycles. The second kappa shape index (κ2) is 9.21. The first-order valence-corrected chi connectivity index (χ1v) is 7.22. The maximum absolute atomic E-state index is 11.0. The first kappa shape index (κ1) is 18.2. The number of aliphatic hydroxyl groups excluding tert-OH is 1. The van der Waals surface area contributed by atoms with Crippen LogP contribution in [0, 0.1) is 0 Å². The lowest BCUT2D eigenvalue weighted by Crippen LogP contribution is -1.91. The van der Waals surface area contributed by atoms with Crippen molar-refractivity contribution in [3.8, 4) is 0 Å². The van der Waals surface area contributed by atoms with E-state index in [4.69, 9.17) is 23.2 Å². The SMILES string of the molecule is C=CC(=O)c1ccc(Cl)cc1.C=CC(O)c1ccc(Cl)cc1. The Hall–Kier alpha value is -1.87. The number of hydrogen-bond donors (Lipinski definition) is 1. The molecule has 0 bridgehead atoms. The van der Waals surface area contributed by atoms with Gasteiger partial charge in [-0.3, -0.25) is 4.79 Å². The van der Waals surface area contributed by atoms with Gasteiger partial charge in [-0.2, -0.15) is 0 Å². The number of rotatable bonds is 4. The third kappa shape index (κ3) is 5.86. The number of aliphatic hydroxyl groups is 1. The fourth-order valence-corrected chi connectivity index (χ4v) is 1.78. The average molecular weight is 335 g/mol. The zero-order valence-corrected chi connectivity index (χ0v) is 13.4. The summed E-state index contributed by atoms with van der Waals surface area (Å²) in [5.41, 5.74) is 1.42. The molecule has 0 saturated carbocycles. The molecule has 0 aliphatic rings. The molecule has 2 aromatic carbocycles. The van der Waals surface area contributed by atoms with E-state index in [9.17, 15) is 9.90 Å². The van der Waals surface area contributed by atoms with Crippen molar-refractivity contribution in [3.05, 3.63) is 95.0 Å². The second-order valence-electron chi connectivity index (χ2n) is 4.31. The van der Waals surface area contributed by atoms with Crippen LogP contribution in [-0.2, 0) is 0 Å². The monoisotopic (exact) mass is 334 g/mol. The van der Waals surface area contributed by atoms with E-state index < -0.39 is 6.10 Å². The van der Waals surface area contributed by atoms with Gasteiger partial charge in [0.25, 0.3) is 0 Å². The summed E-state index contributed by atoms with van der Waals surface area (Å²) in [6.45, 7) is 6.85. The van der Waals surface area contributed by atoms with Crippen molar-refractivity contribution < 1.29 is 9.90 Å². The van der Waals surface area contributed by atoms with E-state index in [1.54, 1.807) is 48.5 Å². The van der Waals surface area contributed by atoms with E-state index in [-0.39, 0.29) is 5.78 Å². The number of ketones is 1. The molecule has 0 heterocycles. The Labute approximate surface area is 140 Å². The minimum absolute atomic E-state index is 0.0818. The molecule has 2 aromatic rings. The highest BCUT2D eigenvalue weighted by Gasteiger charge is 2.00. The molecule has 2 rings (SSSR count). The lowest BCUT2D eigenvalue weighted by atomic mass is 10.1. The van der Waals surface area contributed by atoms with E-state index >= 15 is 0 Å². The Bertz CT molecular complexity index is 631. The highest BCUT2D eigenvalue weighted by Crippen LogP contribution is 2.16. The number of halogens is 2. The van der Waals surface area contributed by atoms with Crippen molar-refractivity contribution in [3.63, 3.8) is 0 Å². The summed E-state index contributed by atoms with van der Waals surface area (Å²) in [5.74, 6) is -0.0818. The molecule has 2 nitrogen and oxygen atoms in total. The van der Waals surface area contributed by atoms with E-state index in [0.29, 0.717) is 15.6 Å². The molecule has 0 aliphatic carbocycles. The molecule has 0 fully saturated rings. The summed E-state index contributed by atoms with van der Waals surface area (Å²) in [6, 6.07) is 13.7. The van der Waals surface area contributed by atoms with Crippen LogP contribution >= 0.6 is 23.2 Å². The van der Waals surface area contributed by atoms with E-state index in [1.165, 1.54) is 12.2 Å².